The standard InChI is InChI=1S/C21H21FN4O3S2/c22-16-6-8-18(9-7-16)25-10-12-26(13-11-25)20(27)14-17-15-30-21(23-17)24-31(28,29)19-4-2-1-3-5-19/h1-9,15H,10-14H2,(H,23,24). The number of amides is 1. The van der Waals surface area contributed by atoms with Gasteiger partial charge in [0.1, 0.15) is 5.82 Å². The van der Waals surface area contributed by atoms with Crippen molar-refractivity contribution in [2.75, 3.05) is 35.8 Å². The number of hydrogen-bond acceptors (Lipinski definition) is 6. The van der Waals surface area contributed by atoms with Crippen LogP contribution in [0, 0.1) is 5.82 Å². The Morgan fingerprint density at radius 2 is 1.71 bits per heavy atom. The summed E-state index contributed by atoms with van der Waals surface area (Å²) in [4.78, 5) is 21.0. The third-order valence-corrected chi connectivity index (χ3v) is 7.27. The van der Waals surface area contributed by atoms with Crippen molar-refractivity contribution in [1.29, 1.82) is 0 Å². The van der Waals surface area contributed by atoms with Crippen molar-refractivity contribution in [3.63, 3.8) is 0 Å². The molecule has 1 fully saturated rings. The number of thiazole rings is 1. The van der Waals surface area contributed by atoms with Gasteiger partial charge in [0.05, 0.1) is 17.0 Å². The predicted octanol–water partition coefficient (Wildman–Crippen LogP) is 2.97. The van der Waals surface area contributed by atoms with Crippen LogP contribution in [0.3, 0.4) is 0 Å². The predicted molar refractivity (Wildman–Crippen MR) is 118 cm³/mol. The first kappa shape index (κ1) is 21.3. The lowest BCUT2D eigenvalue weighted by molar-refractivity contribution is -0.130. The van der Waals surface area contributed by atoms with Gasteiger partial charge in [0.15, 0.2) is 5.13 Å². The van der Waals surface area contributed by atoms with Crippen LogP contribution < -0.4 is 9.62 Å². The molecule has 10 heteroatoms. The summed E-state index contributed by atoms with van der Waals surface area (Å²) >= 11 is 1.15. The van der Waals surface area contributed by atoms with E-state index in [9.17, 15) is 17.6 Å². The molecule has 1 aromatic heterocycles. The van der Waals surface area contributed by atoms with E-state index in [0.717, 1.165) is 17.0 Å². The summed E-state index contributed by atoms with van der Waals surface area (Å²) in [5, 5.41) is 1.92. The maximum absolute atomic E-state index is 13.1. The molecule has 1 aliphatic heterocycles. The molecule has 0 bridgehead atoms. The van der Waals surface area contributed by atoms with Crippen molar-refractivity contribution in [1.82, 2.24) is 9.88 Å². The Hall–Kier alpha value is -2.98. The maximum atomic E-state index is 13.1. The molecule has 7 nitrogen and oxygen atoms in total. The first-order valence-corrected chi connectivity index (χ1v) is 12.1. The highest BCUT2D eigenvalue weighted by Crippen LogP contribution is 2.21. The number of rotatable bonds is 6. The van der Waals surface area contributed by atoms with E-state index in [1.54, 1.807) is 40.6 Å². The Morgan fingerprint density at radius 1 is 1.03 bits per heavy atom. The molecule has 3 aromatic rings. The van der Waals surface area contributed by atoms with Crippen molar-refractivity contribution in [3.8, 4) is 0 Å². The van der Waals surface area contributed by atoms with Crippen LogP contribution in [0.1, 0.15) is 5.69 Å². The zero-order chi connectivity index (χ0) is 21.8. The minimum absolute atomic E-state index is 0.0541. The molecule has 4 rings (SSSR count). The second-order valence-electron chi connectivity index (χ2n) is 7.08. The lowest BCUT2D eigenvalue weighted by Crippen LogP contribution is -2.49. The van der Waals surface area contributed by atoms with E-state index in [1.807, 2.05) is 0 Å². The summed E-state index contributed by atoms with van der Waals surface area (Å²) in [6, 6.07) is 14.4. The number of nitrogens with zero attached hydrogens (tertiary/aromatic N) is 3. The molecular weight excluding hydrogens is 439 g/mol. The largest absolute Gasteiger partial charge is 0.368 e. The minimum atomic E-state index is -3.71. The van der Waals surface area contributed by atoms with E-state index in [4.69, 9.17) is 0 Å². The van der Waals surface area contributed by atoms with E-state index >= 15 is 0 Å². The van der Waals surface area contributed by atoms with Crippen molar-refractivity contribution in [2.45, 2.75) is 11.3 Å². The van der Waals surface area contributed by atoms with Crippen LogP contribution in [0.4, 0.5) is 15.2 Å². The molecule has 0 radical (unpaired) electrons. The van der Waals surface area contributed by atoms with E-state index in [0.29, 0.717) is 31.9 Å². The average molecular weight is 461 g/mol. The summed E-state index contributed by atoms with van der Waals surface area (Å²) in [5.41, 5.74) is 1.46. The summed E-state index contributed by atoms with van der Waals surface area (Å²) in [5.74, 6) is -0.326. The normalized spacial score (nSPS) is 14.5. The number of halogens is 1. The third kappa shape index (κ3) is 5.20. The molecule has 1 saturated heterocycles. The van der Waals surface area contributed by atoms with Crippen molar-refractivity contribution < 1.29 is 17.6 Å². The highest BCUT2D eigenvalue weighted by molar-refractivity contribution is 7.93. The van der Waals surface area contributed by atoms with Crippen LogP contribution in [-0.2, 0) is 21.2 Å². The number of nitrogens with one attached hydrogen (secondary N) is 1. The Labute approximate surface area is 184 Å². The lowest BCUT2D eigenvalue weighted by Gasteiger charge is -2.36. The van der Waals surface area contributed by atoms with Gasteiger partial charge in [0.25, 0.3) is 10.0 Å². The number of anilines is 2. The summed E-state index contributed by atoms with van der Waals surface area (Å²) in [7, 11) is -3.71. The number of carbonyl (C=O) groups is 1. The van der Waals surface area contributed by atoms with Crippen LogP contribution in [0.5, 0.6) is 0 Å². The topological polar surface area (TPSA) is 82.6 Å². The smallest absolute Gasteiger partial charge is 0.263 e. The molecule has 0 unspecified atom stereocenters. The molecule has 0 aliphatic carbocycles. The Kier molecular flexibility index (Phi) is 6.19. The lowest BCUT2D eigenvalue weighted by atomic mass is 10.2. The summed E-state index contributed by atoms with van der Waals surface area (Å²) in [6.07, 6.45) is 0.111. The molecule has 2 heterocycles. The van der Waals surface area contributed by atoms with Gasteiger partial charge in [-0.3, -0.25) is 9.52 Å². The number of benzene rings is 2. The van der Waals surface area contributed by atoms with Gasteiger partial charge in [0.2, 0.25) is 5.91 Å². The van der Waals surface area contributed by atoms with Gasteiger partial charge < -0.3 is 9.80 Å². The Bertz CT molecular complexity index is 1140. The van der Waals surface area contributed by atoms with Crippen molar-refractivity contribution in [3.05, 3.63) is 71.5 Å². The third-order valence-electron chi connectivity index (χ3n) is 4.98. The van der Waals surface area contributed by atoms with Gasteiger partial charge in [-0.25, -0.2) is 17.8 Å². The molecule has 162 valence electrons. The van der Waals surface area contributed by atoms with E-state index in [1.165, 1.54) is 24.3 Å². The van der Waals surface area contributed by atoms with Crippen LogP contribution >= 0.6 is 11.3 Å². The van der Waals surface area contributed by atoms with E-state index in [-0.39, 0.29) is 28.2 Å². The van der Waals surface area contributed by atoms with Crippen molar-refractivity contribution in [2.24, 2.45) is 0 Å². The van der Waals surface area contributed by atoms with Gasteiger partial charge in [-0.15, -0.1) is 11.3 Å². The number of aromatic nitrogens is 1. The van der Waals surface area contributed by atoms with E-state index in [2.05, 4.69) is 14.6 Å². The first-order valence-electron chi connectivity index (χ1n) is 9.71. The first-order chi connectivity index (χ1) is 14.9. The molecule has 1 amide bonds. The van der Waals surface area contributed by atoms with E-state index < -0.39 is 10.0 Å². The zero-order valence-electron chi connectivity index (χ0n) is 16.6. The quantitative estimate of drug-likeness (QED) is 0.612. The summed E-state index contributed by atoms with van der Waals surface area (Å²) < 4.78 is 40.4. The van der Waals surface area contributed by atoms with Crippen LogP contribution in [0.15, 0.2) is 64.9 Å². The number of hydrogen-bond donors (Lipinski definition) is 1. The van der Waals surface area contributed by atoms with Crippen molar-refractivity contribution >= 4 is 38.1 Å². The number of carbonyl (C=O) groups excluding carboxylic acids is 1. The Morgan fingerprint density at radius 3 is 2.39 bits per heavy atom. The van der Waals surface area contributed by atoms with Crippen LogP contribution in [-0.4, -0.2) is 50.4 Å². The van der Waals surface area contributed by atoms with Gasteiger partial charge in [-0.1, -0.05) is 18.2 Å². The number of sulfonamides is 1. The fourth-order valence-electron chi connectivity index (χ4n) is 3.34. The van der Waals surface area contributed by atoms with Crippen LogP contribution in [0.2, 0.25) is 0 Å². The SMILES string of the molecule is O=C(Cc1csc(NS(=O)(=O)c2ccccc2)n1)N1CCN(c2ccc(F)cc2)CC1. The van der Waals surface area contributed by atoms with Crippen LogP contribution in [0.25, 0.3) is 0 Å². The molecule has 2 aromatic carbocycles. The molecular formula is C21H21FN4O3S2. The fraction of sp³-hybridized carbons (Fsp3) is 0.238. The second kappa shape index (κ2) is 9.03. The average Bonchev–Trinajstić information content (AvgIpc) is 3.21. The minimum Gasteiger partial charge on any atom is -0.368 e. The highest BCUT2D eigenvalue weighted by Gasteiger charge is 2.23. The molecule has 1 N–H and O–H groups in total. The highest BCUT2D eigenvalue weighted by atomic mass is 32.2. The van der Waals surface area contributed by atoms with Gasteiger partial charge >= 0.3 is 0 Å². The maximum Gasteiger partial charge on any atom is 0.263 e. The number of piperazine rings is 1. The summed E-state index contributed by atoms with van der Waals surface area (Å²) in [6.45, 7) is 2.45. The molecule has 0 atom stereocenters. The molecule has 31 heavy (non-hydrogen) atoms. The van der Waals surface area contributed by atoms with Gasteiger partial charge in [-0.2, -0.15) is 0 Å². The van der Waals surface area contributed by atoms with Gasteiger partial charge in [0, 0.05) is 37.2 Å². The molecule has 1 aliphatic rings. The molecule has 0 saturated carbocycles. The monoisotopic (exact) mass is 460 g/mol. The van der Waals surface area contributed by atoms with Gasteiger partial charge in [-0.05, 0) is 36.4 Å². The molecule has 0 spiro atoms. The Balaban J connectivity index is 1.32. The second-order valence-corrected chi connectivity index (χ2v) is 9.62. The fourth-order valence-corrected chi connectivity index (χ4v) is 5.33. The zero-order valence-corrected chi connectivity index (χ0v) is 18.2.